The average Bonchev–Trinajstić information content (AvgIpc) is 2.99. The minimum Gasteiger partial charge on any atom is -0.477 e. The molecule has 0 aliphatic heterocycles. The van der Waals surface area contributed by atoms with Gasteiger partial charge in [-0.25, -0.2) is 18.1 Å². The van der Waals surface area contributed by atoms with Crippen LogP contribution >= 0.6 is 11.6 Å². The lowest BCUT2D eigenvalue weighted by Gasteiger charge is -2.29. The van der Waals surface area contributed by atoms with Gasteiger partial charge in [0.25, 0.3) is 0 Å². The molecular weight excluding hydrogens is 461 g/mol. The molecule has 1 aliphatic rings. The van der Waals surface area contributed by atoms with Crippen molar-refractivity contribution in [2.75, 3.05) is 13.2 Å². The standard InChI is InChI=1S/C19H20ClF3N2O5S/c20-13-2-4-14(5-3-13)31(28,29)25-10-18(7-15(26)16(27)8-18)11-30-17-6-1-12(9-24-17)19(21,22)23/h1-6,9,15-16,25-27H,7-8,10-11H2. The van der Waals surface area contributed by atoms with Crippen LogP contribution in [0, 0.1) is 5.41 Å². The second-order valence-electron chi connectivity index (χ2n) is 7.49. The molecular formula is C19H20ClF3N2O5S. The topological polar surface area (TPSA) is 109 Å². The first-order valence-corrected chi connectivity index (χ1v) is 11.0. The van der Waals surface area contributed by atoms with Crippen molar-refractivity contribution >= 4 is 21.6 Å². The number of alkyl halides is 3. The summed E-state index contributed by atoms with van der Waals surface area (Å²) >= 11 is 5.78. The molecule has 1 aromatic heterocycles. The fourth-order valence-corrected chi connectivity index (χ4v) is 4.64. The van der Waals surface area contributed by atoms with E-state index in [0.717, 1.165) is 12.1 Å². The molecule has 2 aromatic rings. The van der Waals surface area contributed by atoms with Gasteiger partial charge in [-0.3, -0.25) is 0 Å². The number of aliphatic hydroxyl groups is 2. The summed E-state index contributed by atoms with van der Waals surface area (Å²) in [6, 6.07) is 7.38. The van der Waals surface area contributed by atoms with Crippen molar-refractivity contribution in [3.63, 3.8) is 0 Å². The number of nitrogens with zero attached hydrogens (tertiary/aromatic N) is 1. The minimum absolute atomic E-state index is 0.0172. The first-order chi connectivity index (χ1) is 14.4. The van der Waals surface area contributed by atoms with Gasteiger partial charge in [-0.2, -0.15) is 13.2 Å². The maximum atomic E-state index is 12.7. The molecule has 1 fully saturated rings. The number of sulfonamides is 1. The predicted octanol–water partition coefficient (Wildman–Crippen LogP) is 2.61. The lowest BCUT2D eigenvalue weighted by molar-refractivity contribution is -0.137. The van der Waals surface area contributed by atoms with Gasteiger partial charge in [0.2, 0.25) is 15.9 Å². The van der Waals surface area contributed by atoms with Gasteiger partial charge in [0.15, 0.2) is 0 Å². The molecule has 170 valence electrons. The number of ether oxygens (including phenoxy) is 1. The lowest BCUT2D eigenvalue weighted by atomic mass is 9.87. The molecule has 0 radical (unpaired) electrons. The molecule has 0 spiro atoms. The van der Waals surface area contributed by atoms with Crippen molar-refractivity contribution in [3.05, 3.63) is 53.2 Å². The summed E-state index contributed by atoms with van der Waals surface area (Å²) in [5.74, 6) is -0.0937. The first kappa shape index (κ1) is 23.7. The zero-order valence-electron chi connectivity index (χ0n) is 16.0. The highest BCUT2D eigenvalue weighted by molar-refractivity contribution is 7.89. The van der Waals surface area contributed by atoms with Gasteiger partial charge in [-0.05, 0) is 43.2 Å². The van der Waals surface area contributed by atoms with Crippen molar-refractivity contribution < 1.29 is 36.5 Å². The number of hydrogen-bond acceptors (Lipinski definition) is 6. The zero-order valence-corrected chi connectivity index (χ0v) is 17.6. The third-order valence-electron chi connectivity index (χ3n) is 5.08. The Morgan fingerprint density at radius 1 is 1.13 bits per heavy atom. The highest BCUT2D eigenvalue weighted by Gasteiger charge is 2.45. The van der Waals surface area contributed by atoms with Crippen LogP contribution in [0.1, 0.15) is 18.4 Å². The Morgan fingerprint density at radius 3 is 2.26 bits per heavy atom. The Kier molecular flexibility index (Phi) is 6.82. The Balaban J connectivity index is 1.72. The second kappa shape index (κ2) is 8.91. The SMILES string of the molecule is O=S(=O)(NCC1(COc2ccc(C(F)(F)F)cn2)CC(O)C(O)C1)c1ccc(Cl)cc1. The molecule has 2 unspecified atom stereocenters. The van der Waals surface area contributed by atoms with Crippen LogP contribution in [0.5, 0.6) is 5.88 Å². The van der Waals surface area contributed by atoms with Gasteiger partial charge in [0.1, 0.15) is 0 Å². The molecule has 31 heavy (non-hydrogen) atoms. The third kappa shape index (κ3) is 5.86. The largest absolute Gasteiger partial charge is 0.477 e. The molecule has 1 aromatic carbocycles. The normalized spacial score (nSPS) is 24.3. The van der Waals surface area contributed by atoms with Gasteiger partial charge >= 0.3 is 6.18 Å². The fraction of sp³-hybridized carbons (Fsp3) is 0.421. The molecule has 7 nitrogen and oxygen atoms in total. The third-order valence-corrected chi connectivity index (χ3v) is 6.75. The van der Waals surface area contributed by atoms with E-state index in [1.165, 1.54) is 24.3 Å². The summed E-state index contributed by atoms with van der Waals surface area (Å²) in [6.45, 7) is -0.352. The number of aliphatic hydroxyl groups excluding tert-OH is 2. The Bertz CT molecular complexity index is 991. The van der Waals surface area contributed by atoms with Crippen LogP contribution in [0.25, 0.3) is 0 Å². The first-order valence-electron chi connectivity index (χ1n) is 9.18. The van der Waals surface area contributed by atoms with E-state index in [2.05, 4.69) is 9.71 Å². The van der Waals surface area contributed by atoms with E-state index >= 15 is 0 Å². The van der Waals surface area contributed by atoms with Gasteiger partial charge in [-0.15, -0.1) is 0 Å². The van der Waals surface area contributed by atoms with Crippen molar-refractivity contribution in [2.45, 2.75) is 36.1 Å². The van der Waals surface area contributed by atoms with Gasteiger partial charge in [-0.1, -0.05) is 11.6 Å². The maximum Gasteiger partial charge on any atom is 0.417 e. The molecule has 3 rings (SSSR count). The molecule has 0 amide bonds. The van der Waals surface area contributed by atoms with Crippen LogP contribution in [-0.4, -0.2) is 49.0 Å². The highest BCUT2D eigenvalue weighted by Crippen LogP contribution is 2.39. The maximum absolute atomic E-state index is 12.7. The van der Waals surface area contributed by atoms with E-state index in [9.17, 15) is 31.8 Å². The highest BCUT2D eigenvalue weighted by atomic mass is 35.5. The average molecular weight is 481 g/mol. The van der Waals surface area contributed by atoms with Gasteiger partial charge in [0, 0.05) is 29.2 Å². The van der Waals surface area contributed by atoms with Crippen molar-refractivity contribution in [1.29, 1.82) is 0 Å². The van der Waals surface area contributed by atoms with Gasteiger partial charge in [0.05, 0.1) is 29.3 Å². The second-order valence-corrected chi connectivity index (χ2v) is 9.70. The van der Waals surface area contributed by atoms with Gasteiger partial charge < -0.3 is 14.9 Å². The molecule has 0 bridgehead atoms. The van der Waals surface area contributed by atoms with Crippen molar-refractivity contribution in [3.8, 4) is 5.88 Å². The zero-order chi connectivity index (χ0) is 22.9. The lowest BCUT2D eigenvalue weighted by Crippen LogP contribution is -2.40. The molecule has 1 aliphatic carbocycles. The van der Waals surface area contributed by atoms with Crippen molar-refractivity contribution in [2.24, 2.45) is 5.41 Å². The van der Waals surface area contributed by atoms with Crippen molar-refractivity contribution in [1.82, 2.24) is 9.71 Å². The molecule has 0 saturated heterocycles. The number of benzene rings is 1. The number of hydrogen-bond donors (Lipinski definition) is 3. The minimum atomic E-state index is -4.54. The Labute approximate surface area is 181 Å². The summed E-state index contributed by atoms with van der Waals surface area (Å²) in [5, 5.41) is 20.4. The van der Waals surface area contributed by atoms with E-state index in [0.29, 0.717) is 11.2 Å². The number of nitrogens with one attached hydrogen (secondary N) is 1. The van der Waals surface area contributed by atoms with Crippen LogP contribution in [0.4, 0.5) is 13.2 Å². The molecule has 3 N–H and O–H groups in total. The van der Waals surface area contributed by atoms with Crippen LogP contribution in [0.15, 0.2) is 47.5 Å². The van der Waals surface area contributed by atoms with E-state index in [1.54, 1.807) is 0 Å². The smallest absolute Gasteiger partial charge is 0.417 e. The summed E-state index contributed by atoms with van der Waals surface area (Å²) in [6.07, 6.45) is -6.04. The summed E-state index contributed by atoms with van der Waals surface area (Å²) in [4.78, 5) is 3.60. The molecule has 2 atom stereocenters. The Morgan fingerprint density at radius 2 is 1.74 bits per heavy atom. The predicted molar refractivity (Wildman–Crippen MR) is 105 cm³/mol. The molecule has 1 saturated carbocycles. The quantitative estimate of drug-likeness (QED) is 0.562. The summed E-state index contributed by atoms with van der Waals surface area (Å²) in [5.41, 5.74) is -1.93. The number of pyridine rings is 1. The van der Waals surface area contributed by atoms with E-state index in [4.69, 9.17) is 16.3 Å². The van der Waals surface area contributed by atoms with Crippen LogP contribution < -0.4 is 9.46 Å². The monoisotopic (exact) mass is 480 g/mol. The summed E-state index contributed by atoms with van der Waals surface area (Å²) in [7, 11) is -3.91. The van der Waals surface area contributed by atoms with Crippen LogP contribution in [0.3, 0.4) is 0 Å². The number of halogens is 4. The van der Waals surface area contributed by atoms with E-state index in [1.807, 2.05) is 0 Å². The van der Waals surface area contributed by atoms with Crippen LogP contribution in [0.2, 0.25) is 5.02 Å². The fourth-order valence-electron chi connectivity index (χ4n) is 3.36. The van der Waals surface area contributed by atoms with Crippen LogP contribution in [-0.2, 0) is 16.2 Å². The summed E-state index contributed by atoms with van der Waals surface area (Å²) < 4.78 is 71.1. The molecule has 12 heteroatoms. The number of rotatable bonds is 7. The van der Waals surface area contributed by atoms with E-state index in [-0.39, 0.29) is 36.8 Å². The van der Waals surface area contributed by atoms with E-state index < -0.39 is 39.4 Å². The molecule has 1 heterocycles. The Hall–Kier alpha value is -1.92. The number of aromatic nitrogens is 1.